The van der Waals surface area contributed by atoms with Gasteiger partial charge < -0.3 is 15.0 Å². The minimum absolute atomic E-state index is 0.103. The van der Waals surface area contributed by atoms with Crippen LogP contribution in [0.2, 0.25) is 0 Å². The number of ether oxygens (including phenoxy) is 1. The maximum Gasteiger partial charge on any atom is 0.242 e. The number of carbonyl (C=O) groups excluding carboxylic acids is 2. The molecule has 35 heavy (non-hydrogen) atoms. The number of benzene rings is 2. The van der Waals surface area contributed by atoms with Gasteiger partial charge in [-0.25, -0.2) is 12.7 Å². The Hall–Kier alpha value is -2.91. The van der Waals surface area contributed by atoms with Gasteiger partial charge in [-0.1, -0.05) is 30.3 Å². The predicted molar refractivity (Wildman–Crippen MR) is 136 cm³/mol. The second-order valence-electron chi connectivity index (χ2n) is 9.53. The average molecular weight is 504 g/mol. The molecular weight excluding hydrogens is 466 g/mol. The summed E-state index contributed by atoms with van der Waals surface area (Å²) in [6.07, 6.45) is 0.426. The second-order valence-corrected chi connectivity index (χ2v) is 11.6. The van der Waals surface area contributed by atoms with E-state index < -0.39 is 21.6 Å². The smallest absolute Gasteiger partial charge is 0.242 e. The van der Waals surface area contributed by atoms with E-state index in [1.807, 2.05) is 45.0 Å². The van der Waals surface area contributed by atoms with Gasteiger partial charge in [0.1, 0.15) is 11.8 Å². The van der Waals surface area contributed by atoms with E-state index in [0.717, 1.165) is 5.56 Å². The van der Waals surface area contributed by atoms with Gasteiger partial charge in [0.2, 0.25) is 21.8 Å². The van der Waals surface area contributed by atoms with Gasteiger partial charge in [-0.2, -0.15) is 0 Å². The van der Waals surface area contributed by atoms with Gasteiger partial charge in [-0.05, 0) is 63.9 Å². The molecule has 0 aliphatic heterocycles. The maximum atomic E-state index is 13.3. The highest BCUT2D eigenvalue weighted by Gasteiger charge is 2.28. The number of sulfonamides is 1. The molecule has 192 valence electrons. The van der Waals surface area contributed by atoms with E-state index in [-0.39, 0.29) is 36.2 Å². The van der Waals surface area contributed by atoms with Crippen LogP contribution in [0, 0.1) is 0 Å². The fraction of sp³-hybridized carbons (Fsp3) is 0.462. The molecule has 0 fully saturated rings. The Kier molecular flexibility index (Phi) is 9.85. The summed E-state index contributed by atoms with van der Waals surface area (Å²) in [7, 11) is -0.562. The first-order chi connectivity index (χ1) is 16.3. The predicted octanol–water partition coefficient (Wildman–Crippen LogP) is 3.43. The number of nitrogens with zero attached hydrogens (tertiary/aromatic N) is 2. The molecule has 0 aromatic heterocycles. The molecule has 0 aliphatic rings. The van der Waals surface area contributed by atoms with Crippen molar-refractivity contribution in [2.24, 2.45) is 0 Å². The monoisotopic (exact) mass is 503 g/mol. The lowest BCUT2D eigenvalue weighted by molar-refractivity contribution is -0.141. The SMILES string of the molecule is COc1cccc(CN(C(=O)CCCN(C)S(=O)(=O)c2ccccc2)[C@H](C)C(=O)NC(C)(C)C)c1. The average Bonchev–Trinajstić information content (AvgIpc) is 2.81. The molecule has 9 heteroatoms. The molecule has 0 heterocycles. The van der Waals surface area contributed by atoms with E-state index in [2.05, 4.69) is 5.32 Å². The van der Waals surface area contributed by atoms with E-state index in [1.165, 1.54) is 16.3 Å². The van der Waals surface area contributed by atoms with E-state index >= 15 is 0 Å². The lowest BCUT2D eigenvalue weighted by Crippen LogP contribution is -2.52. The van der Waals surface area contributed by atoms with Crippen molar-refractivity contribution in [3.05, 3.63) is 60.2 Å². The van der Waals surface area contributed by atoms with Crippen molar-refractivity contribution < 1.29 is 22.7 Å². The van der Waals surface area contributed by atoms with Gasteiger partial charge in [0, 0.05) is 32.1 Å². The van der Waals surface area contributed by atoms with Gasteiger partial charge in [-0.3, -0.25) is 9.59 Å². The first-order valence-electron chi connectivity index (χ1n) is 11.6. The number of amides is 2. The number of rotatable bonds is 11. The fourth-order valence-corrected chi connectivity index (χ4v) is 4.74. The zero-order valence-electron chi connectivity index (χ0n) is 21.4. The normalized spacial score (nSPS) is 12.8. The molecule has 2 aromatic carbocycles. The summed E-state index contributed by atoms with van der Waals surface area (Å²) in [6, 6.07) is 14.8. The highest BCUT2D eigenvalue weighted by molar-refractivity contribution is 7.89. The van der Waals surface area contributed by atoms with Crippen LogP contribution in [0.5, 0.6) is 5.75 Å². The molecule has 0 saturated heterocycles. The Bertz CT molecular complexity index is 1100. The number of hydrogen-bond donors (Lipinski definition) is 1. The molecule has 0 radical (unpaired) electrons. The Balaban J connectivity index is 2.12. The van der Waals surface area contributed by atoms with Crippen LogP contribution in [0.4, 0.5) is 0 Å². The number of hydrogen-bond acceptors (Lipinski definition) is 5. The van der Waals surface area contributed by atoms with Crippen molar-refractivity contribution in [1.29, 1.82) is 0 Å². The van der Waals surface area contributed by atoms with Crippen LogP contribution in [-0.4, -0.2) is 61.7 Å². The largest absolute Gasteiger partial charge is 0.497 e. The number of methoxy groups -OCH3 is 1. The van der Waals surface area contributed by atoms with Crippen molar-refractivity contribution in [2.45, 2.75) is 63.6 Å². The Morgan fingerprint density at radius 1 is 1.06 bits per heavy atom. The molecule has 0 unspecified atom stereocenters. The van der Waals surface area contributed by atoms with Crippen molar-refractivity contribution >= 4 is 21.8 Å². The third-order valence-corrected chi connectivity index (χ3v) is 7.34. The topological polar surface area (TPSA) is 96.0 Å². The molecule has 1 atom stereocenters. The fourth-order valence-electron chi connectivity index (χ4n) is 3.51. The van der Waals surface area contributed by atoms with Crippen molar-refractivity contribution in [2.75, 3.05) is 20.7 Å². The molecule has 1 N–H and O–H groups in total. The van der Waals surface area contributed by atoms with Crippen LogP contribution in [0.3, 0.4) is 0 Å². The Morgan fingerprint density at radius 3 is 2.31 bits per heavy atom. The number of nitrogens with one attached hydrogen (secondary N) is 1. The van der Waals surface area contributed by atoms with Gasteiger partial charge in [0.25, 0.3) is 0 Å². The minimum atomic E-state index is -3.63. The molecule has 8 nitrogen and oxygen atoms in total. The van der Waals surface area contributed by atoms with Gasteiger partial charge in [0.05, 0.1) is 12.0 Å². The van der Waals surface area contributed by atoms with Crippen LogP contribution in [0.15, 0.2) is 59.5 Å². The highest BCUT2D eigenvalue weighted by atomic mass is 32.2. The lowest BCUT2D eigenvalue weighted by atomic mass is 10.1. The Labute approximate surface area is 209 Å². The van der Waals surface area contributed by atoms with E-state index in [4.69, 9.17) is 4.74 Å². The van der Waals surface area contributed by atoms with Crippen LogP contribution < -0.4 is 10.1 Å². The van der Waals surface area contributed by atoms with Crippen LogP contribution in [-0.2, 0) is 26.2 Å². The van der Waals surface area contributed by atoms with E-state index in [0.29, 0.717) is 12.2 Å². The summed E-state index contributed by atoms with van der Waals surface area (Å²) in [5.41, 5.74) is 0.391. The van der Waals surface area contributed by atoms with Gasteiger partial charge in [-0.15, -0.1) is 0 Å². The van der Waals surface area contributed by atoms with E-state index in [1.54, 1.807) is 44.4 Å². The minimum Gasteiger partial charge on any atom is -0.497 e. The van der Waals surface area contributed by atoms with Crippen molar-refractivity contribution in [3.63, 3.8) is 0 Å². The molecule has 2 amide bonds. The quantitative estimate of drug-likeness (QED) is 0.507. The van der Waals surface area contributed by atoms with E-state index in [9.17, 15) is 18.0 Å². The first-order valence-corrected chi connectivity index (χ1v) is 13.0. The molecule has 0 aliphatic carbocycles. The molecular formula is C26H37N3O5S. The third-order valence-electron chi connectivity index (χ3n) is 5.47. The first kappa shape index (κ1) is 28.3. The number of carbonyl (C=O) groups is 2. The van der Waals surface area contributed by atoms with Gasteiger partial charge in [0.15, 0.2) is 0 Å². The zero-order valence-corrected chi connectivity index (χ0v) is 22.3. The van der Waals surface area contributed by atoms with Crippen molar-refractivity contribution in [1.82, 2.24) is 14.5 Å². The summed E-state index contributed by atoms with van der Waals surface area (Å²) >= 11 is 0. The molecule has 2 aromatic rings. The standard InChI is InChI=1S/C26H37N3O5S/c1-20(25(31)27-26(2,3)4)29(19-21-12-10-13-22(18-21)34-6)24(30)16-11-17-28(5)35(32,33)23-14-8-7-9-15-23/h7-10,12-15,18,20H,11,16-17,19H2,1-6H3,(H,27,31)/t20-/m1/s1. The third kappa shape index (κ3) is 8.36. The molecule has 0 bridgehead atoms. The van der Waals surface area contributed by atoms with Crippen LogP contribution in [0.1, 0.15) is 46.1 Å². The summed E-state index contributed by atoms with van der Waals surface area (Å²) in [5.74, 6) is 0.182. The summed E-state index contributed by atoms with van der Waals surface area (Å²) < 4.78 is 32.0. The highest BCUT2D eigenvalue weighted by Crippen LogP contribution is 2.18. The molecule has 0 saturated carbocycles. The summed E-state index contributed by atoms with van der Waals surface area (Å²) in [6.45, 7) is 7.76. The molecule has 0 spiro atoms. The summed E-state index contributed by atoms with van der Waals surface area (Å²) in [4.78, 5) is 27.9. The molecule has 2 rings (SSSR count). The summed E-state index contributed by atoms with van der Waals surface area (Å²) in [5, 5.41) is 2.93. The van der Waals surface area contributed by atoms with Crippen LogP contribution >= 0.6 is 0 Å². The van der Waals surface area contributed by atoms with Crippen LogP contribution in [0.25, 0.3) is 0 Å². The lowest BCUT2D eigenvalue weighted by Gasteiger charge is -2.31. The maximum absolute atomic E-state index is 13.3. The zero-order chi connectivity index (χ0) is 26.2. The second kappa shape index (κ2) is 12.2. The van der Waals surface area contributed by atoms with Crippen molar-refractivity contribution in [3.8, 4) is 5.75 Å². The van der Waals surface area contributed by atoms with Gasteiger partial charge >= 0.3 is 0 Å². The Morgan fingerprint density at radius 2 is 1.71 bits per heavy atom.